The SMILES string of the molecule is CC(C)C[NH+](Cc1cccn1Cc1ccc(F)cc1)[C@@H](C)c1ccccc1. The number of rotatable bonds is 8. The molecule has 0 saturated carbocycles. The maximum atomic E-state index is 13.2. The van der Waals surface area contributed by atoms with Crippen LogP contribution < -0.4 is 4.90 Å². The molecule has 0 aliphatic rings. The number of nitrogens with zero attached hydrogens (tertiary/aromatic N) is 1. The van der Waals surface area contributed by atoms with Gasteiger partial charge in [-0.25, -0.2) is 4.39 Å². The quantitative estimate of drug-likeness (QED) is 0.603. The lowest BCUT2D eigenvalue weighted by molar-refractivity contribution is -0.946. The summed E-state index contributed by atoms with van der Waals surface area (Å²) in [5.74, 6) is 0.447. The minimum absolute atomic E-state index is 0.185. The van der Waals surface area contributed by atoms with Gasteiger partial charge in [-0.05, 0) is 36.8 Å². The lowest BCUT2D eigenvalue weighted by Gasteiger charge is -2.28. The number of quaternary nitrogens is 1. The summed E-state index contributed by atoms with van der Waals surface area (Å²) in [6.45, 7) is 9.77. The van der Waals surface area contributed by atoms with E-state index in [0.717, 1.165) is 25.2 Å². The molecule has 0 fully saturated rings. The fraction of sp³-hybridized carbons (Fsp3) is 0.333. The molecule has 0 aliphatic carbocycles. The van der Waals surface area contributed by atoms with Gasteiger partial charge in [-0.3, -0.25) is 0 Å². The first-order valence-electron chi connectivity index (χ1n) is 9.81. The van der Waals surface area contributed by atoms with Crippen LogP contribution in [0.3, 0.4) is 0 Å². The Balaban J connectivity index is 1.78. The molecule has 27 heavy (non-hydrogen) atoms. The fourth-order valence-corrected chi connectivity index (χ4v) is 3.69. The smallest absolute Gasteiger partial charge is 0.123 e. The van der Waals surface area contributed by atoms with Crippen LogP contribution in [0.1, 0.15) is 43.6 Å². The summed E-state index contributed by atoms with van der Waals surface area (Å²) in [6, 6.07) is 22.3. The van der Waals surface area contributed by atoms with Gasteiger partial charge < -0.3 is 9.47 Å². The molecule has 3 heteroatoms. The molecule has 3 aromatic rings. The zero-order valence-electron chi connectivity index (χ0n) is 16.5. The molecule has 0 spiro atoms. The van der Waals surface area contributed by atoms with Crippen molar-refractivity contribution in [2.45, 2.75) is 39.9 Å². The van der Waals surface area contributed by atoms with Crippen molar-refractivity contribution in [2.75, 3.05) is 6.54 Å². The highest BCUT2D eigenvalue weighted by molar-refractivity contribution is 5.19. The van der Waals surface area contributed by atoms with Gasteiger partial charge in [0.2, 0.25) is 0 Å². The van der Waals surface area contributed by atoms with E-state index in [4.69, 9.17) is 0 Å². The molecule has 2 atom stereocenters. The van der Waals surface area contributed by atoms with Crippen LogP contribution in [-0.4, -0.2) is 11.1 Å². The van der Waals surface area contributed by atoms with Gasteiger partial charge in [-0.15, -0.1) is 0 Å². The van der Waals surface area contributed by atoms with E-state index < -0.39 is 0 Å². The van der Waals surface area contributed by atoms with E-state index in [9.17, 15) is 4.39 Å². The third-order valence-electron chi connectivity index (χ3n) is 5.18. The zero-order valence-corrected chi connectivity index (χ0v) is 16.5. The molecule has 0 saturated heterocycles. The molecule has 0 aliphatic heterocycles. The molecule has 1 heterocycles. The minimum atomic E-state index is -0.185. The summed E-state index contributed by atoms with van der Waals surface area (Å²) >= 11 is 0. The predicted molar refractivity (Wildman–Crippen MR) is 109 cm³/mol. The second-order valence-electron chi connectivity index (χ2n) is 7.82. The van der Waals surface area contributed by atoms with Crippen molar-refractivity contribution >= 4 is 0 Å². The van der Waals surface area contributed by atoms with Crippen LogP contribution in [-0.2, 0) is 13.1 Å². The van der Waals surface area contributed by atoms with E-state index in [1.54, 1.807) is 4.90 Å². The van der Waals surface area contributed by atoms with Crippen molar-refractivity contribution in [1.29, 1.82) is 0 Å². The molecule has 0 amide bonds. The first-order chi connectivity index (χ1) is 13.0. The summed E-state index contributed by atoms with van der Waals surface area (Å²) in [7, 11) is 0. The summed E-state index contributed by atoms with van der Waals surface area (Å²) < 4.78 is 15.5. The predicted octanol–water partition coefficient (Wildman–Crippen LogP) is 4.48. The fourth-order valence-electron chi connectivity index (χ4n) is 3.69. The lowest BCUT2D eigenvalue weighted by atomic mass is 10.0. The van der Waals surface area contributed by atoms with E-state index in [1.165, 1.54) is 23.4 Å². The Kier molecular flexibility index (Phi) is 6.46. The van der Waals surface area contributed by atoms with Gasteiger partial charge in [0, 0.05) is 24.2 Å². The van der Waals surface area contributed by atoms with Gasteiger partial charge in [-0.2, -0.15) is 0 Å². The molecule has 1 N–H and O–H groups in total. The molecule has 2 nitrogen and oxygen atoms in total. The van der Waals surface area contributed by atoms with E-state index >= 15 is 0 Å². The Morgan fingerprint density at radius 3 is 2.26 bits per heavy atom. The van der Waals surface area contributed by atoms with Crippen molar-refractivity contribution in [3.8, 4) is 0 Å². The molecule has 142 valence electrons. The third-order valence-corrected chi connectivity index (χ3v) is 5.18. The molecule has 1 unspecified atom stereocenters. The Labute approximate surface area is 162 Å². The summed E-state index contributed by atoms with van der Waals surface area (Å²) in [4.78, 5) is 1.57. The Morgan fingerprint density at radius 1 is 0.889 bits per heavy atom. The van der Waals surface area contributed by atoms with Gasteiger partial charge in [-0.1, -0.05) is 56.3 Å². The largest absolute Gasteiger partial charge is 0.342 e. The Bertz CT molecular complexity index is 821. The standard InChI is InChI=1S/C24H29FN2/c1-19(2)16-27(20(3)22-8-5-4-6-9-22)18-24-10-7-15-26(24)17-21-11-13-23(25)14-12-21/h4-15,19-20H,16-18H2,1-3H3/p+1/t20-/m0/s1. The highest BCUT2D eigenvalue weighted by atomic mass is 19.1. The first-order valence-corrected chi connectivity index (χ1v) is 9.81. The van der Waals surface area contributed by atoms with Crippen LogP contribution in [0.5, 0.6) is 0 Å². The van der Waals surface area contributed by atoms with E-state index in [0.29, 0.717) is 12.0 Å². The second kappa shape index (κ2) is 9.01. The van der Waals surface area contributed by atoms with Crippen LogP contribution in [0, 0.1) is 11.7 Å². The number of benzene rings is 2. The Hall–Kier alpha value is -2.39. The highest BCUT2D eigenvalue weighted by Crippen LogP contribution is 2.12. The van der Waals surface area contributed by atoms with E-state index in [1.807, 2.05) is 12.1 Å². The summed E-state index contributed by atoms with van der Waals surface area (Å²) in [5, 5.41) is 0. The lowest BCUT2D eigenvalue weighted by Crippen LogP contribution is -3.11. The zero-order chi connectivity index (χ0) is 19.2. The summed E-state index contributed by atoms with van der Waals surface area (Å²) in [6.07, 6.45) is 2.12. The minimum Gasteiger partial charge on any atom is -0.342 e. The molecular formula is C24H30FN2+. The monoisotopic (exact) mass is 365 g/mol. The number of nitrogens with one attached hydrogen (secondary N) is 1. The van der Waals surface area contributed by atoms with Crippen LogP contribution >= 0.6 is 0 Å². The normalized spacial score (nSPS) is 13.7. The van der Waals surface area contributed by atoms with Gasteiger partial charge in [0.1, 0.15) is 18.4 Å². The molecule has 2 aromatic carbocycles. The number of hydrogen-bond donors (Lipinski definition) is 1. The summed E-state index contributed by atoms with van der Waals surface area (Å²) in [5.41, 5.74) is 3.82. The van der Waals surface area contributed by atoms with Gasteiger partial charge in [0.15, 0.2) is 0 Å². The second-order valence-corrected chi connectivity index (χ2v) is 7.82. The average Bonchev–Trinajstić information content (AvgIpc) is 3.09. The molecular weight excluding hydrogens is 335 g/mol. The maximum Gasteiger partial charge on any atom is 0.123 e. The highest BCUT2D eigenvalue weighted by Gasteiger charge is 2.22. The molecule has 1 aromatic heterocycles. The average molecular weight is 366 g/mol. The van der Waals surface area contributed by atoms with Gasteiger partial charge in [0.25, 0.3) is 0 Å². The molecule has 0 bridgehead atoms. The van der Waals surface area contributed by atoms with Crippen molar-refractivity contribution < 1.29 is 9.29 Å². The third kappa shape index (κ3) is 5.30. The first kappa shape index (κ1) is 19.4. The van der Waals surface area contributed by atoms with E-state index in [-0.39, 0.29) is 5.82 Å². The number of halogens is 1. The van der Waals surface area contributed by atoms with Gasteiger partial charge >= 0.3 is 0 Å². The van der Waals surface area contributed by atoms with Crippen molar-refractivity contribution in [2.24, 2.45) is 5.92 Å². The van der Waals surface area contributed by atoms with Crippen LogP contribution in [0.25, 0.3) is 0 Å². The molecule has 0 radical (unpaired) electrons. The van der Waals surface area contributed by atoms with Gasteiger partial charge in [0.05, 0.1) is 12.2 Å². The van der Waals surface area contributed by atoms with Crippen LogP contribution in [0.15, 0.2) is 72.9 Å². The van der Waals surface area contributed by atoms with Crippen molar-refractivity contribution in [3.63, 3.8) is 0 Å². The Morgan fingerprint density at radius 2 is 1.59 bits per heavy atom. The van der Waals surface area contributed by atoms with Crippen LogP contribution in [0.4, 0.5) is 4.39 Å². The van der Waals surface area contributed by atoms with Crippen LogP contribution in [0.2, 0.25) is 0 Å². The van der Waals surface area contributed by atoms with Crippen molar-refractivity contribution in [1.82, 2.24) is 4.57 Å². The topological polar surface area (TPSA) is 9.37 Å². The van der Waals surface area contributed by atoms with Crippen molar-refractivity contribution in [3.05, 3.63) is 95.6 Å². The number of hydrogen-bond acceptors (Lipinski definition) is 0. The maximum absolute atomic E-state index is 13.2. The number of aromatic nitrogens is 1. The molecule has 3 rings (SSSR count). The van der Waals surface area contributed by atoms with E-state index in [2.05, 4.69) is 74.0 Å².